The lowest BCUT2D eigenvalue weighted by Gasteiger charge is -2.36. The minimum Gasteiger partial charge on any atom is -0.461 e. The molecule has 2 aromatic heterocycles. The van der Waals surface area contributed by atoms with Crippen LogP contribution < -0.4 is 0 Å². The quantitative estimate of drug-likeness (QED) is 0.797. The second kappa shape index (κ2) is 7.02. The van der Waals surface area contributed by atoms with Crippen LogP contribution in [0.4, 0.5) is 0 Å². The first-order chi connectivity index (χ1) is 12.2. The topological polar surface area (TPSA) is 72.4 Å². The van der Waals surface area contributed by atoms with Crippen molar-refractivity contribution in [1.82, 2.24) is 15.0 Å². The third kappa shape index (κ3) is 3.78. The van der Waals surface area contributed by atoms with Gasteiger partial charge in [0.1, 0.15) is 0 Å². The Kier molecular flexibility index (Phi) is 4.59. The van der Waals surface area contributed by atoms with E-state index in [1.54, 1.807) is 18.4 Å². The van der Waals surface area contributed by atoms with E-state index in [4.69, 9.17) is 8.94 Å². The van der Waals surface area contributed by atoms with Crippen LogP contribution in [-0.2, 0) is 11.2 Å². The SMILES string of the molecule is CC1CCC(N(C(=O)CCc2nc(-c3ccco3)no2)C2CC2)CC1. The van der Waals surface area contributed by atoms with Gasteiger partial charge in [-0.25, -0.2) is 0 Å². The van der Waals surface area contributed by atoms with Crippen LogP contribution in [0.25, 0.3) is 11.6 Å². The zero-order valence-electron chi connectivity index (χ0n) is 14.7. The van der Waals surface area contributed by atoms with Gasteiger partial charge in [-0.3, -0.25) is 4.79 Å². The average Bonchev–Trinajstić information content (AvgIpc) is 3.12. The molecule has 2 aliphatic carbocycles. The van der Waals surface area contributed by atoms with Gasteiger partial charge in [0.2, 0.25) is 17.6 Å². The molecule has 1 amide bonds. The summed E-state index contributed by atoms with van der Waals surface area (Å²) in [4.78, 5) is 19.3. The lowest BCUT2D eigenvalue weighted by atomic mass is 9.86. The second-order valence-electron chi connectivity index (χ2n) is 7.43. The lowest BCUT2D eigenvalue weighted by molar-refractivity contribution is -0.135. The van der Waals surface area contributed by atoms with Gasteiger partial charge in [0, 0.05) is 24.9 Å². The summed E-state index contributed by atoms with van der Waals surface area (Å²) in [6.45, 7) is 2.31. The van der Waals surface area contributed by atoms with E-state index in [1.165, 1.54) is 12.8 Å². The number of hydrogen-bond acceptors (Lipinski definition) is 5. The highest BCUT2D eigenvalue weighted by atomic mass is 16.5. The smallest absolute Gasteiger partial charge is 0.238 e. The van der Waals surface area contributed by atoms with Gasteiger partial charge in [0.25, 0.3) is 0 Å². The number of carbonyl (C=O) groups excluding carboxylic acids is 1. The van der Waals surface area contributed by atoms with E-state index in [9.17, 15) is 4.79 Å². The Balaban J connectivity index is 1.35. The van der Waals surface area contributed by atoms with Crippen LogP contribution in [-0.4, -0.2) is 33.0 Å². The summed E-state index contributed by atoms with van der Waals surface area (Å²) in [6, 6.07) is 4.47. The van der Waals surface area contributed by atoms with Gasteiger partial charge in [-0.05, 0) is 56.6 Å². The van der Waals surface area contributed by atoms with E-state index >= 15 is 0 Å². The number of aromatic nitrogens is 2. The Morgan fingerprint density at radius 3 is 2.56 bits per heavy atom. The molecule has 0 atom stereocenters. The number of amides is 1. The highest BCUT2D eigenvalue weighted by Gasteiger charge is 2.38. The van der Waals surface area contributed by atoms with Crippen molar-refractivity contribution in [3.63, 3.8) is 0 Å². The summed E-state index contributed by atoms with van der Waals surface area (Å²) >= 11 is 0. The van der Waals surface area contributed by atoms with E-state index in [0.29, 0.717) is 42.4 Å². The third-order valence-corrected chi connectivity index (χ3v) is 5.37. The van der Waals surface area contributed by atoms with Crippen molar-refractivity contribution in [2.24, 2.45) is 5.92 Å². The molecule has 0 spiro atoms. The molecule has 134 valence electrons. The van der Waals surface area contributed by atoms with Crippen molar-refractivity contribution in [2.45, 2.75) is 70.4 Å². The van der Waals surface area contributed by atoms with Gasteiger partial charge in [0.05, 0.1) is 6.26 Å². The van der Waals surface area contributed by atoms with Crippen LogP contribution in [0.1, 0.15) is 57.8 Å². The van der Waals surface area contributed by atoms with E-state index in [1.807, 2.05) is 0 Å². The Bertz CT molecular complexity index is 697. The number of nitrogens with zero attached hydrogens (tertiary/aromatic N) is 3. The maximum absolute atomic E-state index is 12.8. The molecular formula is C19H25N3O3. The molecular weight excluding hydrogens is 318 g/mol. The predicted octanol–water partition coefficient (Wildman–Crippen LogP) is 3.83. The van der Waals surface area contributed by atoms with Crippen LogP contribution in [0, 0.1) is 5.92 Å². The summed E-state index contributed by atoms with van der Waals surface area (Å²) < 4.78 is 10.5. The first-order valence-electron chi connectivity index (χ1n) is 9.38. The molecule has 0 saturated heterocycles. The zero-order valence-corrected chi connectivity index (χ0v) is 14.7. The Morgan fingerprint density at radius 1 is 1.20 bits per heavy atom. The van der Waals surface area contributed by atoms with Gasteiger partial charge in [-0.2, -0.15) is 4.98 Å². The van der Waals surface area contributed by atoms with Crippen molar-refractivity contribution in [3.05, 3.63) is 24.3 Å². The van der Waals surface area contributed by atoms with E-state index in [0.717, 1.165) is 31.6 Å². The fourth-order valence-electron chi connectivity index (χ4n) is 3.78. The van der Waals surface area contributed by atoms with Gasteiger partial charge >= 0.3 is 0 Å². The molecule has 25 heavy (non-hydrogen) atoms. The van der Waals surface area contributed by atoms with Gasteiger partial charge < -0.3 is 13.8 Å². The molecule has 0 unspecified atom stereocenters. The molecule has 0 N–H and O–H groups in total. The lowest BCUT2D eigenvalue weighted by Crippen LogP contribution is -2.43. The molecule has 6 nitrogen and oxygen atoms in total. The molecule has 2 heterocycles. The summed E-state index contributed by atoms with van der Waals surface area (Å²) in [5.74, 6) is 2.54. The summed E-state index contributed by atoms with van der Waals surface area (Å²) in [5, 5.41) is 3.92. The van der Waals surface area contributed by atoms with Crippen LogP contribution in [0.5, 0.6) is 0 Å². The predicted molar refractivity (Wildman–Crippen MR) is 91.6 cm³/mol. The fraction of sp³-hybridized carbons (Fsp3) is 0.632. The van der Waals surface area contributed by atoms with Crippen LogP contribution in [0.15, 0.2) is 27.3 Å². The monoisotopic (exact) mass is 343 g/mol. The van der Waals surface area contributed by atoms with Crippen molar-refractivity contribution in [3.8, 4) is 11.6 Å². The number of hydrogen-bond donors (Lipinski definition) is 0. The minimum atomic E-state index is 0.236. The molecule has 2 saturated carbocycles. The molecule has 2 aliphatic rings. The molecule has 0 radical (unpaired) electrons. The molecule has 2 fully saturated rings. The molecule has 6 heteroatoms. The van der Waals surface area contributed by atoms with Gasteiger partial charge in [-0.15, -0.1) is 0 Å². The van der Waals surface area contributed by atoms with Crippen LogP contribution >= 0.6 is 0 Å². The van der Waals surface area contributed by atoms with Crippen molar-refractivity contribution >= 4 is 5.91 Å². The number of carbonyl (C=O) groups is 1. The van der Waals surface area contributed by atoms with E-state index < -0.39 is 0 Å². The molecule has 2 aromatic rings. The molecule has 0 aromatic carbocycles. The first-order valence-corrected chi connectivity index (χ1v) is 9.38. The molecule has 0 bridgehead atoms. The summed E-state index contributed by atoms with van der Waals surface area (Å²) in [5.41, 5.74) is 0. The zero-order chi connectivity index (χ0) is 17.2. The Morgan fingerprint density at radius 2 is 1.92 bits per heavy atom. The number of furan rings is 1. The average molecular weight is 343 g/mol. The maximum atomic E-state index is 12.8. The molecule has 4 rings (SSSR count). The summed E-state index contributed by atoms with van der Waals surface area (Å²) in [6.07, 6.45) is 9.56. The highest BCUT2D eigenvalue weighted by Crippen LogP contribution is 2.35. The third-order valence-electron chi connectivity index (χ3n) is 5.37. The number of rotatable bonds is 6. The maximum Gasteiger partial charge on any atom is 0.238 e. The Labute approximate surface area is 147 Å². The van der Waals surface area contributed by atoms with E-state index in [2.05, 4.69) is 22.0 Å². The number of aryl methyl sites for hydroxylation is 1. The van der Waals surface area contributed by atoms with Crippen LogP contribution in [0.2, 0.25) is 0 Å². The van der Waals surface area contributed by atoms with E-state index in [-0.39, 0.29) is 5.91 Å². The standard InChI is InChI=1S/C19H25N3O3/c1-13-4-6-14(7-5-13)22(15-8-9-15)18(23)11-10-17-20-19(21-25-17)16-3-2-12-24-16/h2-3,12-15H,4-11H2,1H3. The fourth-order valence-corrected chi connectivity index (χ4v) is 3.78. The highest BCUT2D eigenvalue weighted by molar-refractivity contribution is 5.77. The van der Waals surface area contributed by atoms with Crippen molar-refractivity contribution < 1.29 is 13.7 Å². The largest absolute Gasteiger partial charge is 0.461 e. The van der Waals surface area contributed by atoms with Crippen molar-refractivity contribution in [2.75, 3.05) is 0 Å². The van der Waals surface area contributed by atoms with Crippen molar-refractivity contribution in [1.29, 1.82) is 0 Å². The second-order valence-corrected chi connectivity index (χ2v) is 7.43. The van der Waals surface area contributed by atoms with Gasteiger partial charge in [-0.1, -0.05) is 12.1 Å². The minimum absolute atomic E-state index is 0.236. The summed E-state index contributed by atoms with van der Waals surface area (Å²) in [7, 11) is 0. The Hall–Kier alpha value is -2.11. The van der Waals surface area contributed by atoms with Crippen LogP contribution in [0.3, 0.4) is 0 Å². The normalized spacial score (nSPS) is 23.6. The molecule has 0 aliphatic heterocycles. The first kappa shape index (κ1) is 16.4. The van der Waals surface area contributed by atoms with Gasteiger partial charge in [0.15, 0.2) is 5.76 Å².